The Morgan fingerprint density at radius 2 is 1.81 bits per heavy atom. The van der Waals surface area contributed by atoms with Crippen molar-refractivity contribution in [2.24, 2.45) is 0 Å². The van der Waals surface area contributed by atoms with Crippen LogP contribution in [0.4, 0.5) is 4.39 Å². The van der Waals surface area contributed by atoms with E-state index in [1.807, 2.05) is 12.1 Å². The molecule has 0 unspecified atom stereocenters. The van der Waals surface area contributed by atoms with Gasteiger partial charge in [0.05, 0.1) is 6.04 Å². The van der Waals surface area contributed by atoms with Crippen LogP contribution in [0.25, 0.3) is 0 Å². The maximum Gasteiger partial charge on any atom is 0.231 e. The van der Waals surface area contributed by atoms with E-state index in [2.05, 4.69) is 26.1 Å². The Kier molecular flexibility index (Phi) is 7.50. The maximum absolute atomic E-state index is 13.5. The van der Waals surface area contributed by atoms with Gasteiger partial charge in [-0.1, -0.05) is 15.9 Å². The number of nitrogens with one attached hydrogen (secondary N) is 1. The summed E-state index contributed by atoms with van der Waals surface area (Å²) in [5.74, 6) is 1.42. The van der Waals surface area contributed by atoms with Gasteiger partial charge in [0.1, 0.15) is 6.67 Å². The molecule has 1 aromatic carbocycles. The zero-order valence-electron chi connectivity index (χ0n) is 11.3. The first-order valence-electron chi connectivity index (χ1n) is 6.39. The van der Waals surface area contributed by atoms with E-state index in [4.69, 9.17) is 9.47 Å². The van der Waals surface area contributed by atoms with Crippen LogP contribution in [0, 0.1) is 0 Å². The molecular formula is C13H18BrCl2FN2O2. The second-order valence-corrected chi connectivity index (χ2v) is 5.54. The molecule has 2 aliphatic rings. The van der Waals surface area contributed by atoms with Crippen LogP contribution in [0.5, 0.6) is 11.5 Å². The van der Waals surface area contributed by atoms with Crippen LogP contribution in [-0.4, -0.2) is 44.5 Å². The summed E-state index contributed by atoms with van der Waals surface area (Å²) in [5, 5.41) is 3.28. The van der Waals surface area contributed by atoms with Crippen LogP contribution < -0.4 is 14.8 Å². The van der Waals surface area contributed by atoms with E-state index in [9.17, 15) is 4.39 Å². The summed E-state index contributed by atoms with van der Waals surface area (Å²) in [7, 11) is 0. The van der Waals surface area contributed by atoms with Crippen molar-refractivity contribution in [3.8, 4) is 11.5 Å². The van der Waals surface area contributed by atoms with E-state index in [0.717, 1.165) is 36.2 Å². The Labute approximate surface area is 144 Å². The van der Waals surface area contributed by atoms with Crippen molar-refractivity contribution in [1.82, 2.24) is 10.2 Å². The lowest BCUT2D eigenvalue weighted by Gasteiger charge is -2.34. The zero-order chi connectivity index (χ0) is 13.2. The molecule has 1 fully saturated rings. The minimum absolute atomic E-state index is 0. The molecule has 0 spiro atoms. The highest BCUT2D eigenvalue weighted by atomic mass is 79.9. The average Bonchev–Trinajstić information content (AvgIpc) is 2.88. The largest absolute Gasteiger partial charge is 0.454 e. The molecule has 0 aromatic heterocycles. The smallest absolute Gasteiger partial charge is 0.231 e. The first kappa shape index (κ1) is 18.8. The quantitative estimate of drug-likeness (QED) is 0.841. The van der Waals surface area contributed by atoms with Gasteiger partial charge in [-0.25, -0.2) is 4.39 Å². The maximum atomic E-state index is 13.5. The first-order valence-corrected chi connectivity index (χ1v) is 7.18. The molecule has 1 aromatic rings. The van der Waals surface area contributed by atoms with E-state index in [-0.39, 0.29) is 37.6 Å². The lowest BCUT2D eigenvalue weighted by Crippen LogP contribution is -2.45. The van der Waals surface area contributed by atoms with Gasteiger partial charge in [-0.2, -0.15) is 0 Å². The van der Waals surface area contributed by atoms with E-state index in [1.165, 1.54) is 0 Å². The third-order valence-corrected chi connectivity index (χ3v) is 4.28. The molecule has 1 atom stereocenters. The molecule has 0 saturated carbocycles. The molecule has 4 nitrogen and oxygen atoms in total. The minimum Gasteiger partial charge on any atom is -0.454 e. The minimum atomic E-state index is -0.405. The molecule has 3 rings (SSSR count). The number of benzene rings is 1. The molecule has 21 heavy (non-hydrogen) atoms. The highest BCUT2D eigenvalue weighted by molar-refractivity contribution is 9.10. The average molecular weight is 404 g/mol. The molecule has 120 valence electrons. The van der Waals surface area contributed by atoms with E-state index < -0.39 is 6.67 Å². The van der Waals surface area contributed by atoms with E-state index in [0.29, 0.717) is 11.5 Å². The van der Waals surface area contributed by atoms with Crippen molar-refractivity contribution in [2.45, 2.75) is 6.04 Å². The second-order valence-electron chi connectivity index (χ2n) is 4.68. The fourth-order valence-corrected chi connectivity index (χ4v) is 3.15. The third kappa shape index (κ3) is 3.93. The normalized spacial score (nSPS) is 18.6. The van der Waals surface area contributed by atoms with Crippen LogP contribution >= 0.6 is 40.7 Å². The predicted octanol–water partition coefficient (Wildman–Crippen LogP) is 2.94. The number of hydrogen-bond donors (Lipinski definition) is 1. The summed E-state index contributed by atoms with van der Waals surface area (Å²) in [6.45, 7) is 3.35. The van der Waals surface area contributed by atoms with Crippen LogP contribution in [-0.2, 0) is 0 Å². The molecule has 8 heteroatoms. The lowest BCUT2D eigenvalue weighted by molar-refractivity contribution is 0.146. The van der Waals surface area contributed by atoms with Gasteiger partial charge in [-0.3, -0.25) is 4.90 Å². The number of nitrogens with zero attached hydrogens (tertiary/aromatic N) is 1. The topological polar surface area (TPSA) is 33.7 Å². The van der Waals surface area contributed by atoms with Gasteiger partial charge in [-0.15, -0.1) is 24.8 Å². The van der Waals surface area contributed by atoms with Gasteiger partial charge in [0.2, 0.25) is 6.79 Å². The van der Waals surface area contributed by atoms with Crippen molar-refractivity contribution >= 4 is 40.7 Å². The molecule has 0 aliphatic carbocycles. The van der Waals surface area contributed by atoms with Crippen LogP contribution in [0.3, 0.4) is 0 Å². The molecule has 0 bridgehead atoms. The van der Waals surface area contributed by atoms with Crippen LogP contribution in [0.15, 0.2) is 16.6 Å². The van der Waals surface area contributed by atoms with Gasteiger partial charge >= 0.3 is 0 Å². The third-order valence-electron chi connectivity index (χ3n) is 3.59. The number of piperazine rings is 1. The zero-order valence-corrected chi connectivity index (χ0v) is 14.5. The second kappa shape index (κ2) is 8.39. The number of hydrogen-bond acceptors (Lipinski definition) is 4. The molecule has 2 heterocycles. The standard InChI is InChI=1S/C13H16BrFN2O2.2ClH/c14-10-6-13-12(18-8-19-13)5-9(10)11(7-15)17-3-1-16-2-4-17;;/h5-6,11,16H,1-4,7-8H2;2*1H/t11-;;/m1../s1. The Hall–Kier alpha value is -0.270. The highest BCUT2D eigenvalue weighted by Gasteiger charge is 2.26. The Balaban J connectivity index is 0.00000110. The molecule has 0 amide bonds. The van der Waals surface area contributed by atoms with E-state index >= 15 is 0 Å². The van der Waals surface area contributed by atoms with Crippen molar-refractivity contribution in [3.05, 3.63) is 22.2 Å². The van der Waals surface area contributed by atoms with Gasteiger partial charge < -0.3 is 14.8 Å². The number of alkyl halides is 1. The summed E-state index contributed by atoms with van der Waals surface area (Å²) in [6, 6.07) is 3.52. The number of ether oxygens (including phenoxy) is 2. The SMILES string of the molecule is Cl.Cl.FC[C@H](c1cc2c(cc1Br)OCO2)N1CCNCC1. The summed E-state index contributed by atoms with van der Waals surface area (Å²) >= 11 is 3.51. The van der Waals surface area contributed by atoms with Crippen molar-refractivity contribution in [3.63, 3.8) is 0 Å². The highest BCUT2D eigenvalue weighted by Crippen LogP contribution is 2.40. The fourth-order valence-electron chi connectivity index (χ4n) is 2.56. The van der Waals surface area contributed by atoms with Gasteiger partial charge in [0, 0.05) is 30.7 Å². The summed E-state index contributed by atoms with van der Waals surface area (Å²) in [6.07, 6.45) is 0. The van der Waals surface area contributed by atoms with Crippen molar-refractivity contribution in [1.29, 1.82) is 0 Å². The summed E-state index contributed by atoms with van der Waals surface area (Å²) < 4.78 is 25.1. The van der Waals surface area contributed by atoms with Crippen LogP contribution in [0.2, 0.25) is 0 Å². The van der Waals surface area contributed by atoms with Crippen molar-refractivity contribution < 1.29 is 13.9 Å². The monoisotopic (exact) mass is 402 g/mol. The van der Waals surface area contributed by atoms with Crippen molar-refractivity contribution in [2.75, 3.05) is 39.6 Å². The molecule has 1 N–H and O–H groups in total. The molecule has 2 aliphatic heterocycles. The molecular weight excluding hydrogens is 386 g/mol. The molecule has 0 radical (unpaired) electrons. The number of halogens is 4. The van der Waals surface area contributed by atoms with E-state index in [1.54, 1.807) is 0 Å². The molecule has 1 saturated heterocycles. The Morgan fingerprint density at radius 3 is 2.43 bits per heavy atom. The predicted molar refractivity (Wildman–Crippen MR) is 87.9 cm³/mol. The number of rotatable bonds is 3. The summed E-state index contributed by atoms with van der Waals surface area (Å²) in [4.78, 5) is 2.17. The lowest BCUT2D eigenvalue weighted by atomic mass is 10.0. The van der Waals surface area contributed by atoms with Crippen LogP contribution in [0.1, 0.15) is 11.6 Å². The first-order chi connectivity index (χ1) is 9.29. The Morgan fingerprint density at radius 1 is 1.19 bits per heavy atom. The fraction of sp³-hybridized carbons (Fsp3) is 0.538. The van der Waals surface area contributed by atoms with Gasteiger partial charge in [-0.05, 0) is 17.7 Å². The summed E-state index contributed by atoms with van der Waals surface area (Å²) in [5.41, 5.74) is 0.925. The Bertz CT molecular complexity index is 476. The number of fused-ring (bicyclic) bond motifs is 1. The van der Waals surface area contributed by atoms with Gasteiger partial charge in [0.15, 0.2) is 11.5 Å². The van der Waals surface area contributed by atoms with Gasteiger partial charge in [0.25, 0.3) is 0 Å².